The van der Waals surface area contributed by atoms with Crippen molar-refractivity contribution in [1.82, 2.24) is 35.1 Å². The minimum atomic E-state index is -3.18. The summed E-state index contributed by atoms with van der Waals surface area (Å²) in [5, 5.41) is 5.22. The number of likely N-dealkylation sites (N-methyl/N-ethyl adjacent to an activating group) is 1. The molecule has 2 aromatic rings. The second-order valence-electron chi connectivity index (χ2n) is 9.70. The Morgan fingerprint density at radius 2 is 1.88 bits per heavy atom. The number of hydrogen-bond acceptors (Lipinski definition) is 10. The summed E-state index contributed by atoms with van der Waals surface area (Å²) >= 11 is 0. The highest BCUT2D eigenvalue weighted by Gasteiger charge is 2.48. The summed E-state index contributed by atoms with van der Waals surface area (Å²) in [7, 11) is 1.27. The number of rotatable bonds is 7. The fourth-order valence-electron chi connectivity index (χ4n) is 4.59. The fraction of sp³-hybridized carbons (Fsp3) is 0.560. The summed E-state index contributed by atoms with van der Waals surface area (Å²) in [4.78, 5) is 57.2. The van der Waals surface area contributed by atoms with E-state index in [1.165, 1.54) is 43.5 Å². The van der Waals surface area contributed by atoms with Crippen molar-refractivity contribution in [2.75, 3.05) is 50.1 Å². The zero-order chi connectivity index (χ0) is 29.6. The molecular formula is C25H33F2N9O5. The molecular weight excluding hydrogens is 544 g/mol. The zero-order valence-electron chi connectivity index (χ0n) is 23.0. The molecule has 16 heteroatoms. The van der Waals surface area contributed by atoms with Crippen molar-refractivity contribution in [3.63, 3.8) is 0 Å². The molecule has 0 aromatic carbocycles. The van der Waals surface area contributed by atoms with Crippen LogP contribution in [0.15, 0.2) is 24.7 Å². The Kier molecular flexibility index (Phi) is 9.29. The van der Waals surface area contributed by atoms with Gasteiger partial charge in [-0.3, -0.25) is 10.1 Å². The van der Waals surface area contributed by atoms with Crippen LogP contribution in [0.3, 0.4) is 0 Å². The van der Waals surface area contributed by atoms with Gasteiger partial charge in [0, 0.05) is 64.9 Å². The SMILES string of the molecule is CCOc1cnc(NC(=O)N(C)[C@H]2CN(c3nccc(OC(=O)NC4CCN(C(C)=O)CC4)n3)CCC2(F)F)cn1. The van der Waals surface area contributed by atoms with Crippen LogP contribution in [0, 0.1) is 0 Å². The first-order chi connectivity index (χ1) is 19.6. The Bertz CT molecular complexity index is 1230. The number of likely N-dealkylation sites (tertiary alicyclic amines) is 1. The summed E-state index contributed by atoms with van der Waals surface area (Å²) < 4.78 is 40.4. The van der Waals surface area contributed by atoms with Crippen molar-refractivity contribution in [2.45, 2.75) is 51.1 Å². The Morgan fingerprint density at radius 1 is 1.12 bits per heavy atom. The molecule has 2 aliphatic heterocycles. The van der Waals surface area contributed by atoms with E-state index in [0.717, 1.165) is 4.90 Å². The standard InChI is InChI=1S/C25H33F2N9O5/c1-4-40-21-14-29-19(13-30-21)32-23(38)34(3)18-15-36(12-8-25(18,26)27)22-28-9-5-20(33-22)41-24(39)31-17-6-10-35(11-7-17)16(2)37/h5,9,13-14,17-18H,4,6-8,10-12,15H2,1-3H3,(H,31,39)(H,29,32,38)/t18-/m0/s1. The molecule has 0 bridgehead atoms. The summed E-state index contributed by atoms with van der Waals surface area (Å²) in [5.41, 5.74) is 0. The number of anilines is 2. The molecule has 2 saturated heterocycles. The van der Waals surface area contributed by atoms with Gasteiger partial charge < -0.3 is 29.5 Å². The molecule has 14 nitrogen and oxygen atoms in total. The Morgan fingerprint density at radius 3 is 2.54 bits per heavy atom. The zero-order valence-corrected chi connectivity index (χ0v) is 23.0. The van der Waals surface area contributed by atoms with E-state index in [4.69, 9.17) is 9.47 Å². The maximum atomic E-state index is 15.0. The fourth-order valence-corrected chi connectivity index (χ4v) is 4.59. The van der Waals surface area contributed by atoms with Gasteiger partial charge in [0.2, 0.25) is 23.6 Å². The molecule has 1 atom stereocenters. The van der Waals surface area contributed by atoms with E-state index in [-0.39, 0.29) is 48.6 Å². The first-order valence-corrected chi connectivity index (χ1v) is 13.2. The molecule has 222 valence electrons. The lowest BCUT2D eigenvalue weighted by Crippen LogP contribution is -2.60. The molecule has 2 aliphatic rings. The summed E-state index contributed by atoms with van der Waals surface area (Å²) in [6, 6.07) is -1.07. The number of nitrogens with zero attached hydrogens (tertiary/aromatic N) is 7. The molecule has 4 amide bonds. The van der Waals surface area contributed by atoms with Gasteiger partial charge in [0.1, 0.15) is 6.04 Å². The first-order valence-electron chi connectivity index (χ1n) is 13.2. The van der Waals surface area contributed by atoms with E-state index >= 15 is 0 Å². The molecule has 4 heterocycles. The lowest BCUT2D eigenvalue weighted by molar-refractivity contribution is -0.129. The van der Waals surface area contributed by atoms with E-state index < -0.39 is 30.5 Å². The van der Waals surface area contributed by atoms with Crippen molar-refractivity contribution in [1.29, 1.82) is 0 Å². The van der Waals surface area contributed by atoms with Crippen LogP contribution in [-0.2, 0) is 4.79 Å². The number of halogens is 2. The first kappa shape index (κ1) is 29.6. The molecule has 0 spiro atoms. The van der Waals surface area contributed by atoms with Crippen molar-refractivity contribution in [3.8, 4) is 11.8 Å². The number of carbonyl (C=O) groups excluding carboxylic acids is 3. The molecule has 0 saturated carbocycles. The Hall–Kier alpha value is -4.37. The molecule has 2 aromatic heterocycles. The number of ether oxygens (including phenoxy) is 2. The summed E-state index contributed by atoms with van der Waals surface area (Å²) in [6.07, 6.45) is 3.88. The van der Waals surface area contributed by atoms with E-state index in [2.05, 4.69) is 30.6 Å². The Labute approximate surface area is 235 Å². The van der Waals surface area contributed by atoms with Gasteiger partial charge in [-0.1, -0.05) is 0 Å². The minimum absolute atomic E-state index is 0.00831. The molecule has 0 unspecified atom stereocenters. The monoisotopic (exact) mass is 577 g/mol. The predicted molar refractivity (Wildman–Crippen MR) is 142 cm³/mol. The maximum Gasteiger partial charge on any atom is 0.414 e. The third-order valence-electron chi connectivity index (χ3n) is 6.90. The van der Waals surface area contributed by atoms with Crippen LogP contribution in [0.1, 0.15) is 33.1 Å². The van der Waals surface area contributed by atoms with Crippen LogP contribution in [0.5, 0.6) is 11.8 Å². The van der Waals surface area contributed by atoms with Gasteiger partial charge in [0.05, 0.1) is 19.0 Å². The topological polar surface area (TPSA) is 155 Å². The number of nitrogens with one attached hydrogen (secondary N) is 2. The predicted octanol–water partition coefficient (Wildman–Crippen LogP) is 2.14. The lowest BCUT2D eigenvalue weighted by atomic mass is 10.00. The second-order valence-corrected chi connectivity index (χ2v) is 9.70. The number of hydrogen-bond donors (Lipinski definition) is 2. The summed E-state index contributed by atoms with van der Waals surface area (Å²) in [5.74, 6) is -2.81. The molecule has 41 heavy (non-hydrogen) atoms. The van der Waals surface area contributed by atoms with Gasteiger partial charge >= 0.3 is 12.1 Å². The normalized spacial score (nSPS) is 18.8. The molecule has 0 aliphatic carbocycles. The van der Waals surface area contributed by atoms with Crippen molar-refractivity contribution in [2.24, 2.45) is 0 Å². The van der Waals surface area contributed by atoms with Gasteiger partial charge in [0.25, 0.3) is 5.92 Å². The van der Waals surface area contributed by atoms with Crippen LogP contribution in [0.25, 0.3) is 0 Å². The van der Waals surface area contributed by atoms with Gasteiger partial charge in [-0.15, -0.1) is 0 Å². The largest absolute Gasteiger partial charge is 0.477 e. The molecule has 2 N–H and O–H groups in total. The van der Waals surface area contributed by atoms with Gasteiger partial charge in [-0.05, 0) is 19.8 Å². The molecule has 2 fully saturated rings. The highest BCUT2D eigenvalue weighted by atomic mass is 19.3. The number of alkyl halides is 2. The van der Waals surface area contributed by atoms with E-state index in [9.17, 15) is 23.2 Å². The third kappa shape index (κ3) is 7.64. The van der Waals surface area contributed by atoms with Crippen LogP contribution >= 0.6 is 0 Å². The summed E-state index contributed by atoms with van der Waals surface area (Å²) in [6.45, 7) is 4.42. The minimum Gasteiger partial charge on any atom is -0.477 e. The van der Waals surface area contributed by atoms with Gasteiger partial charge in [-0.25, -0.2) is 33.3 Å². The molecule has 0 radical (unpaired) electrons. The highest BCUT2D eigenvalue weighted by Crippen LogP contribution is 2.33. The lowest BCUT2D eigenvalue weighted by Gasteiger charge is -2.42. The third-order valence-corrected chi connectivity index (χ3v) is 6.90. The number of aromatic nitrogens is 4. The van der Waals surface area contributed by atoms with Crippen LogP contribution < -0.4 is 25.0 Å². The van der Waals surface area contributed by atoms with Gasteiger partial charge in [0.15, 0.2) is 5.82 Å². The van der Waals surface area contributed by atoms with Crippen LogP contribution in [0.4, 0.5) is 30.1 Å². The second kappa shape index (κ2) is 12.9. The molecule has 4 rings (SSSR count). The van der Waals surface area contributed by atoms with Gasteiger partial charge in [-0.2, -0.15) is 4.98 Å². The van der Waals surface area contributed by atoms with Crippen LogP contribution in [0.2, 0.25) is 0 Å². The number of carbonyl (C=O) groups is 3. The van der Waals surface area contributed by atoms with E-state index in [1.54, 1.807) is 11.8 Å². The smallest absolute Gasteiger partial charge is 0.414 e. The average molecular weight is 578 g/mol. The maximum absolute atomic E-state index is 15.0. The van der Waals surface area contributed by atoms with Crippen molar-refractivity contribution in [3.05, 3.63) is 24.7 Å². The van der Waals surface area contributed by atoms with Crippen molar-refractivity contribution >= 4 is 29.8 Å². The number of amides is 4. The average Bonchev–Trinajstić information content (AvgIpc) is 2.94. The number of piperidine rings is 2. The highest BCUT2D eigenvalue weighted by molar-refractivity contribution is 5.88. The van der Waals surface area contributed by atoms with E-state index in [1.807, 2.05) is 0 Å². The van der Waals surface area contributed by atoms with Crippen LogP contribution in [-0.4, -0.2) is 106 Å². The van der Waals surface area contributed by atoms with E-state index in [0.29, 0.717) is 32.5 Å². The number of urea groups is 1. The quantitative estimate of drug-likeness (QED) is 0.500. The Balaban J connectivity index is 1.35. The van der Waals surface area contributed by atoms with Crippen molar-refractivity contribution < 1.29 is 32.6 Å².